The van der Waals surface area contributed by atoms with Gasteiger partial charge in [-0.1, -0.05) is 32.3 Å². The summed E-state index contributed by atoms with van der Waals surface area (Å²) in [6, 6.07) is 9.05. The van der Waals surface area contributed by atoms with Crippen LogP contribution in [0.4, 0.5) is 22.2 Å². The average molecular weight is 378 g/mol. The van der Waals surface area contributed by atoms with Crippen LogP contribution in [-0.4, -0.2) is 27.5 Å². The summed E-state index contributed by atoms with van der Waals surface area (Å²) in [6.07, 6.45) is 8.26. The van der Waals surface area contributed by atoms with Gasteiger partial charge in [-0.3, -0.25) is 10.3 Å². The van der Waals surface area contributed by atoms with E-state index < -0.39 is 0 Å². The molecule has 146 valence electrons. The summed E-state index contributed by atoms with van der Waals surface area (Å²) in [7, 11) is 0. The number of carbonyl (C=O) groups excluding carboxylic acids is 1. The molecule has 3 rings (SSSR count). The highest BCUT2D eigenvalue weighted by atomic mass is 16.2. The Labute approximate surface area is 165 Å². The quantitative estimate of drug-likeness (QED) is 0.481. The number of aromatic nitrogens is 3. The molecule has 3 N–H and O–H groups in total. The van der Waals surface area contributed by atoms with Gasteiger partial charge >= 0.3 is 6.03 Å². The van der Waals surface area contributed by atoms with Crippen LogP contribution in [0.1, 0.15) is 38.3 Å². The summed E-state index contributed by atoms with van der Waals surface area (Å²) in [5.74, 6) is 0.996. The first-order valence-corrected chi connectivity index (χ1v) is 9.65. The van der Waals surface area contributed by atoms with E-state index in [1.165, 1.54) is 19.3 Å². The topological polar surface area (TPSA) is 91.8 Å². The van der Waals surface area contributed by atoms with Crippen molar-refractivity contribution in [1.29, 1.82) is 0 Å². The van der Waals surface area contributed by atoms with Crippen LogP contribution in [0, 0.1) is 6.92 Å². The fraction of sp³-hybridized carbons (Fsp3) is 0.333. The highest BCUT2D eigenvalue weighted by molar-refractivity contribution is 6.00. The number of hydrogen-bond donors (Lipinski definition) is 3. The van der Waals surface area contributed by atoms with Crippen molar-refractivity contribution in [2.45, 2.75) is 39.5 Å². The summed E-state index contributed by atoms with van der Waals surface area (Å²) in [4.78, 5) is 25.1. The van der Waals surface area contributed by atoms with Crippen LogP contribution in [0.3, 0.4) is 0 Å². The molecule has 1 aromatic carbocycles. The number of carbonyl (C=O) groups is 1. The van der Waals surface area contributed by atoms with Crippen LogP contribution >= 0.6 is 0 Å². The maximum Gasteiger partial charge on any atom is 0.326 e. The van der Waals surface area contributed by atoms with E-state index in [0.717, 1.165) is 35.2 Å². The number of anilines is 3. The van der Waals surface area contributed by atoms with Crippen molar-refractivity contribution >= 4 is 34.3 Å². The normalized spacial score (nSPS) is 10.6. The van der Waals surface area contributed by atoms with Crippen molar-refractivity contribution in [3.05, 3.63) is 48.4 Å². The summed E-state index contributed by atoms with van der Waals surface area (Å²) in [6.45, 7) is 4.93. The molecule has 0 atom stereocenters. The molecule has 7 nitrogen and oxygen atoms in total. The predicted octanol–water partition coefficient (Wildman–Crippen LogP) is 4.97. The molecule has 0 aliphatic heterocycles. The molecule has 0 saturated carbocycles. The van der Waals surface area contributed by atoms with Gasteiger partial charge in [0.25, 0.3) is 0 Å². The molecule has 0 spiro atoms. The monoisotopic (exact) mass is 378 g/mol. The van der Waals surface area contributed by atoms with Crippen molar-refractivity contribution in [3.63, 3.8) is 0 Å². The third-order valence-corrected chi connectivity index (χ3v) is 4.31. The Morgan fingerprint density at radius 1 is 1.00 bits per heavy atom. The summed E-state index contributed by atoms with van der Waals surface area (Å²) in [5, 5.41) is 10.8. The lowest BCUT2D eigenvalue weighted by Gasteiger charge is -2.10. The lowest BCUT2D eigenvalue weighted by molar-refractivity contribution is 0.262. The van der Waals surface area contributed by atoms with Gasteiger partial charge in [-0.05, 0) is 36.9 Å². The number of nitrogens with one attached hydrogen (secondary N) is 3. The standard InChI is InChI=1S/C21H26N6O/c1-3-4-5-6-10-23-19-12-15(2)24-20(26-19)27-21(28)25-18-8-7-17-14-22-11-9-16(17)13-18/h7-9,11-14H,3-6,10H2,1-2H3,(H3,23,24,25,26,27,28). The molecule has 2 heterocycles. The van der Waals surface area contributed by atoms with Crippen molar-refractivity contribution < 1.29 is 4.79 Å². The first kappa shape index (κ1) is 19.5. The molecule has 0 saturated heterocycles. The second-order valence-electron chi connectivity index (χ2n) is 6.72. The van der Waals surface area contributed by atoms with Gasteiger partial charge in [0, 0.05) is 41.8 Å². The summed E-state index contributed by atoms with van der Waals surface area (Å²) in [5.41, 5.74) is 1.48. The Kier molecular flexibility index (Phi) is 6.73. The zero-order chi connectivity index (χ0) is 19.8. The van der Waals surface area contributed by atoms with Gasteiger partial charge in [-0.25, -0.2) is 9.78 Å². The Morgan fingerprint density at radius 2 is 1.89 bits per heavy atom. The number of unbranched alkanes of at least 4 members (excludes halogenated alkanes) is 3. The van der Waals surface area contributed by atoms with Crippen molar-refractivity contribution in [2.24, 2.45) is 0 Å². The Balaban J connectivity index is 1.59. The van der Waals surface area contributed by atoms with E-state index in [2.05, 4.69) is 37.8 Å². The zero-order valence-electron chi connectivity index (χ0n) is 16.3. The molecule has 0 unspecified atom stereocenters. The Morgan fingerprint density at radius 3 is 2.75 bits per heavy atom. The van der Waals surface area contributed by atoms with E-state index in [4.69, 9.17) is 0 Å². The molecule has 0 aliphatic carbocycles. The van der Waals surface area contributed by atoms with E-state index in [9.17, 15) is 4.79 Å². The largest absolute Gasteiger partial charge is 0.370 e. The predicted molar refractivity (Wildman–Crippen MR) is 114 cm³/mol. The van der Waals surface area contributed by atoms with Crippen molar-refractivity contribution in [3.8, 4) is 0 Å². The van der Waals surface area contributed by atoms with Crippen LogP contribution in [-0.2, 0) is 0 Å². The number of benzene rings is 1. The number of fused-ring (bicyclic) bond motifs is 1. The van der Waals surface area contributed by atoms with Crippen LogP contribution in [0.25, 0.3) is 10.8 Å². The molecule has 0 aliphatic rings. The average Bonchev–Trinajstić information content (AvgIpc) is 2.67. The minimum absolute atomic E-state index is 0.276. The van der Waals surface area contributed by atoms with Gasteiger partial charge in [0.15, 0.2) is 0 Å². The second kappa shape index (κ2) is 9.64. The number of pyridine rings is 1. The lowest BCUT2D eigenvalue weighted by Crippen LogP contribution is -2.21. The van der Waals surface area contributed by atoms with Gasteiger partial charge in [0.05, 0.1) is 0 Å². The molecule has 2 amide bonds. The molecule has 0 radical (unpaired) electrons. The first-order chi connectivity index (χ1) is 13.6. The van der Waals surface area contributed by atoms with Gasteiger partial charge in [0.2, 0.25) is 5.95 Å². The minimum Gasteiger partial charge on any atom is -0.370 e. The number of urea groups is 1. The van der Waals surface area contributed by atoms with E-state index in [0.29, 0.717) is 5.69 Å². The number of hydrogen-bond acceptors (Lipinski definition) is 5. The smallest absolute Gasteiger partial charge is 0.326 e. The molecular formula is C21H26N6O. The third kappa shape index (κ3) is 5.64. The van der Waals surface area contributed by atoms with Gasteiger partial charge in [0.1, 0.15) is 5.82 Å². The lowest BCUT2D eigenvalue weighted by atomic mass is 10.1. The number of rotatable bonds is 8. The molecule has 7 heteroatoms. The van der Waals surface area contributed by atoms with Crippen LogP contribution in [0.2, 0.25) is 0 Å². The number of nitrogens with zero attached hydrogens (tertiary/aromatic N) is 3. The molecule has 0 fully saturated rings. The van der Waals surface area contributed by atoms with Crippen LogP contribution < -0.4 is 16.0 Å². The maximum atomic E-state index is 12.3. The highest BCUT2D eigenvalue weighted by Gasteiger charge is 2.08. The molecule has 28 heavy (non-hydrogen) atoms. The fourth-order valence-corrected chi connectivity index (χ4v) is 2.91. The Bertz CT molecular complexity index is 943. The molecule has 0 bridgehead atoms. The van der Waals surface area contributed by atoms with Crippen LogP contribution in [0.15, 0.2) is 42.7 Å². The summed E-state index contributed by atoms with van der Waals surface area (Å²) >= 11 is 0. The van der Waals surface area contributed by atoms with Crippen LogP contribution in [0.5, 0.6) is 0 Å². The van der Waals surface area contributed by atoms with Gasteiger partial charge in [-0.15, -0.1) is 0 Å². The van der Waals surface area contributed by atoms with Crippen molar-refractivity contribution in [1.82, 2.24) is 15.0 Å². The van der Waals surface area contributed by atoms with E-state index in [1.54, 1.807) is 12.4 Å². The van der Waals surface area contributed by atoms with Crippen molar-refractivity contribution in [2.75, 3.05) is 22.5 Å². The maximum absolute atomic E-state index is 12.3. The van der Waals surface area contributed by atoms with Gasteiger partial charge in [-0.2, -0.15) is 4.98 Å². The zero-order valence-corrected chi connectivity index (χ0v) is 16.3. The molecular weight excluding hydrogens is 352 g/mol. The summed E-state index contributed by atoms with van der Waals surface area (Å²) < 4.78 is 0. The Hall–Kier alpha value is -3.22. The van der Waals surface area contributed by atoms with Gasteiger partial charge < -0.3 is 10.6 Å². The third-order valence-electron chi connectivity index (χ3n) is 4.31. The van der Waals surface area contributed by atoms with E-state index >= 15 is 0 Å². The number of aryl methyl sites for hydroxylation is 1. The van der Waals surface area contributed by atoms with E-state index in [-0.39, 0.29) is 12.0 Å². The minimum atomic E-state index is -0.382. The van der Waals surface area contributed by atoms with E-state index in [1.807, 2.05) is 37.3 Å². The molecule has 3 aromatic rings. The number of amides is 2. The second-order valence-corrected chi connectivity index (χ2v) is 6.72. The first-order valence-electron chi connectivity index (χ1n) is 9.65. The SMILES string of the molecule is CCCCCCNc1cc(C)nc(NC(=O)Nc2ccc3cnccc3c2)n1. The highest BCUT2D eigenvalue weighted by Crippen LogP contribution is 2.18. The fourth-order valence-electron chi connectivity index (χ4n) is 2.91. The molecule has 2 aromatic heterocycles.